The zero-order valence-corrected chi connectivity index (χ0v) is 12.3. The van der Waals surface area contributed by atoms with Crippen LogP contribution in [-0.2, 0) is 5.41 Å². The Labute approximate surface area is 114 Å². The molecular weight excluding hydrogens is 234 g/mol. The second-order valence-electron chi connectivity index (χ2n) is 6.27. The summed E-state index contributed by atoms with van der Waals surface area (Å²) in [7, 11) is 0. The van der Waals surface area contributed by atoms with Crippen LogP contribution in [0.3, 0.4) is 0 Å². The molecule has 1 heterocycles. The topological polar surface area (TPSA) is 43.8 Å². The normalized spacial score (nSPS) is 19.1. The fourth-order valence-electron chi connectivity index (χ4n) is 3.32. The van der Waals surface area contributed by atoms with Gasteiger partial charge in [-0.3, -0.25) is 0 Å². The van der Waals surface area contributed by atoms with Gasteiger partial charge in [0.1, 0.15) is 5.82 Å². The Morgan fingerprint density at radius 3 is 2.47 bits per heavy atom. The molecule has 1 unspecified atom stereocenters. The lowest BCUT2D eigenvalue weighted by molar-refractivity contribution is 0.557. The number of imidazole rings is 1. The van der Waals surface area contributed by atoms with Crippen molar-refractivity contribution in [3.63, 3.8) is 0 Å². The monoisotopic (exact) mass is 257 g/mol. The van der Waals surface area contributed by atoms with Crippen LogP contribution in [0.1, 0.15) is 51.0 Å². The summed E-state index contributed by atoms with van der Waals surface area (Å²) < 4.78 is 2.30. The molecule has 1 aliphatic carbocycles. The largest absolute Gasteiger partial charge is 0.327 e. The van der Waals surface area contributed by atoms with Crippen molar-refractivity contribution in [3.8, 4) is 0 Å². The van der Waals surface area contributed by atoms with E-state index in [0.717, 1.165) is 11.3 Å². The number of aromatic nitrogens is 2. The van der Waals surface area contributed by atoms with E-state index in [0.29, 0.717) is 6.04 Å². The van der Waals surface area contributed by atoms with Gasteiger partial charge in [-0.05, 0) is 58.2 Å². The first-order chi connectivity index (χ1) is 8.95. The molecule has 2 N–H and O–H groups in total. The molecule has 3 rings (SSSR count). The van der Waals surface area contributed by atoms with Gasteiger partial charge >= 0.3 is 0 Å². The summed E-state index contributed by atoms with van der Waals surface area (Å²) in [6.45, 7) is 8.60. The summed E-state index contributed by atoms with van der Waals surface area (Å²) >= 11 is 0. The van der Waals surface area contributed by atoms with Crippen molar-refractivity contribution >= 4 is 11.0 Å². The molecule has 1 aromatic carbocycles. The summed E-state index contributed by atoms with van der Waals surface area (Å²) in [4.78, 5) is 4.72. The summed E-state index contributed by atoms with van der Waals surface area (Å²) in [5, 5.41) is 0. The number of nitrogens with zero attached hydrogens (tertiary/aromatic N) is 2. The van der Waals surface area contributed by atoms with Crippen LogP contribution in [0.5, 0.6) is 0 Å². The molecule has 1 saturated carbocycles. The smallest absolute Gasteiger partial charge is 0.106 e. The Morgan fingerprint density at radius 2 is 1.95 bits per heavy atom. The van der Waals surface area contributed by atoms with Gasteiger partial charge in [0.2, 0.25) is 0 Å². The van der Waals surface area contributed by atoms with Crippen LogP contribution < -0.4 is 5.73 Å². The first kappa shape index (κ1) is 12.7. The molecule has 1 atom stereocenters. The van der Waals surface area contributed by atoms with Crippen LogP contribution >= 0.6 is 0 Å². The number of benzene rings is 1. The molecule has 3 nitrogen and oxygen atoms in total. The van der Waals surface area contributed by atoms with Gasteiger partial charge in [-0.25, -0.2) is 4.98 Å². The van der Waals surface area contributed by atoms with E-state index in [4.69, 9.17) is 10.7 Å². The van der Waals surface area contributed by atoms with Crippen LogP contribution in [0.2, 0.25) is 0 Å². The van der Waals surface area contributed by atoms with E-state index in [1.165, 1.54) is 23.9 Å². The summed E-state index contributed by atoms with van der Waals surface area (Å²) in [6.07, 6.45) is 2.42. The number of hydrogen-bond donors (Lipinski definition) is 1. The average molecular weight is 257 g/mol. The van der Waals surface area contributed by atoms with Crippen LogP contribution in [-0.4, -0.2) is 15.6 Å². The molecule has 1 aromatic heterocycles. The lowest BCUT2D eigenvalue weighted by atomic mass is 9.89. The van der Waals surface area contributed by atoms with E-state index < -0.39 is 0 Å². The van der Waals surface area contributed by atoms with Gasteiger partial charge in [-0.1, -0.05) is 6.07 Å². The van der Waals surface area contributed by atoms with Gasteiger partial charge in [0, 0.05) is 17.5 Å². The molecule has 0 aliphatic heterocycles. The minimum Gasteiger partial charge on any atom is -0.327 e. The van der Waals surface area contributed by atoms with Gasteiger partial charge in [0.25, 0.3) is 0 Å². The fourth-order valence-corrected chi connectivity index (χ4v) is 3.32. The Balaban J connectivity index is 2.13. The van der Waals surface area contributed by atoms with Gasteiger partial charge in [0.05, 0.1) is 11.0 Å². The second kappa shape index (κ2) is 4.07. The molecule has 1 aliphatic rings. The number of hydrogen-bond acceptors (Lipinski definition) is 2. The van der Waals surface area contributed by atoms with Crippen molar-refractivity contribution < 1.29 is 0 Å². The highest BCUT2D eigenvalue weighted by Crippen LogP contribution is 2.50. The van der Waals surface area contributed by atoms with E-state index in [2.05, 4.69) is 50.5 Å². The lowest BCUT2D eigenvalue weighted by Crippen LogP contribution is -2.31. The first-order valence-electron chi connectivity index (χ1n) is 7.20. The SMILES string of the molecule is Cc1nc2cc(C3(C(C)N)CC3)ccc2n1C(C)C. The highest BCUT2D eigenvalue weighted by atomic mass is 15.1. The van der Waals surface area contributed by atoms with Gasteiger partial charge in [-0.15, -0.1) is 0 Å². The molecule has 0 amide bonds. The molecule has 2 aromatic rings. The highest BCUT2D eigenvalue weighted by molar-refractivity contribution is 5.77. The summed E-state index contributed by atoms with van der Waals surface area (Å²) in [6, 6.07) is 7.38. The van der Waals surface area contributed by atoms with E-state index in [1.807, 2.05) is 0 Å². The lowest BCUT2D eigenvalue weighted by Gasteiger charge is -2.20. The van der Waals surface area contributed by atoms with E-state index in [9.17, 15) is 0 Å². The van der Waals surface area contributed by atoms with Crippen molar-refractivity contribution in [1.29, 1.82) is 0 Å². The van der Waals surface area contributed by atoms with Crippen LogP contribution in [0.25, 0.3) is 11.0 Å². The van der Waals surface area contributed by atoms with Crippen LogP contribution in [0.4, 0.5) is 0 Å². The maximum atomic E-state index is 6.17. The second-order valence-corrected chi connectivity index (χ2v) is 6.27. The van der Waals surface area contributed by atoms with Crippen LogP contribution in [0.15, 0.2) is 18.2 Å². The maximum Gasteiger partial charge on any atom is 0.106 e. The number of nitrogens with two attached hydrogens (primary N) is 1. The minimum atomic E-state index is 0.212. The summed E-state index contributed by atoms with van der Waals surface area (Å²) in [5.41, 5.74) is 10.1. The van der Waals surface area contributed by atoms with Gasteiger partial charge in [0.15, 0.2) is 0 Å². The third kappa shape index (κ3) is 1.79. The number of fused-ring (bicyclic) bond motifs is 1. The van der Waals surface area contributed by atoms with Crippen molar-refractivity contribution in [1.82, 2.24) is 9.55 Å². The van der Waals surface area contributed by atoms with E-state index >= 15 is 0 Å². The van der Waals surface area contributed by atoms with Crippen molar-refractivity contribution in [2.75, 3.05) is 0 Å². The Kier molecular flexibility index (Phi) is 2.72. The minimum absolute atomic E-state index is 0.212. The predicted molar refractivity (Wildman–Crippen MR) is 79.4 cm³/mol. The number of rotatable bonds is 3. The Hall–Kier alpha value is -1.35. The zero-order valence-electron chi connectivity index (χ0n) is 12.3. The predicted octanol–water partition coefficient (Wildman–Crippen LogP) is 3.30. The van der Waals surface area contributed by atoms with Crippen molar-refractivity contribution in [3.05, 3.63) is 29.6 Å². The Bertz CT molecular complexity index is 618. The zero-order chi connectivity index (χ0) is 13.8. The molecule has 1 fully saturated rings. The summed E-state index contributed by atoms with van der Waals surface area (Å²) in [5.74, 6) is 1.09. The molecule has 102 valence electrons. The molecule has 0 radical (unpaired) electrons. The van der Waals surface area contributed by atoms with E-state index in [-0.39, 0.29) is 11.5 Å². The van der Waals surface area contributed by atoms with Gasteiger partial charge < -0.3 is 10.3 Å². The van der Waals surface area contributed by atoms with Gasteiger partial charge in [-0.2, -0.15) is 0 Å². The molecule has 0 bridgehead atoms. The maximum absolute atomic E-state index is 6.17. The molecule has 0 saturated heterocycles. The third-order valence-electron chi connectivity index (χ3n) is 4.62. The molecular formula is C16H23N3. The standard InChI is InChI=1S/C16H23N3/c1-10(2)19-12(4)18-14-9-13(5-6-15(14)19)16(7-8-16)11(3)17/h5-6,9-11H,7-8,17H2,1-4H3. The molecule has 19 heavy (non-hydrogen) atoms. The quantitative estimate of drug-likeness (QED) is 0.916. The first-order valence-corrected chi connectivity index (χ1v) is 7.20. The Morgan fingerprint density at radius 1 is 1.26 bits per heavy atom. The van der Waals surface area contributed by atoms with Crippen molar-refractivity contribution in [2.24, 2.45) is 5.73 Å². The third-order valence-corrected chi connectivity index (χ3v) is 4.62. The van der Waals surface area contributed by atoms with E-state index in [1.54, 1.807) is 0 Å². The van der Waals surface area contributed by atoms with Crippen molar-refractivity contribution in [2.45, 2.75) is 58.0 Å². The fraction of sp³-hybridized carbons (Fsp3) is 0.562. The average Bonchev–Trinajstić information content (AvgIpc) is 3.06. The number of aryl methyl sites for hydroxylation is 1. The molecule has 0 spiro atoms. The van der Waals surface area contributed by atoms with Crippen LogP contribution in [0, 0.1) is 6.92 Å². The highest BCUT2D eigenvalue weighted by Gasteiger charge is 2.47. The molecule has 3 heteroatoms.